The molecule has 0 spiro atoms. The van der Waals surface area contributed by atoms with Crippen LogP contribution in [0, 0.1) is 11.3 Å². The second kappa shape index (κ2) is 5.51. The third-order valence-electron chi connectivity index (χ3n) is 3.21. The molecule has 0 saturated heterocycles. The molecular weight excluding hydrogens is 246 g/mol. The lowest BCUT2D eigenvalue weighted by Gasteiger charge is -2.10. The standard InChI is InChI=1S/C13H17N3OS/c1-2-4-10(15)12(17)16-13-9(7-14)8-5-3-6-11(8)18-13/h10H,2-6,15H2,1H3,(H,16,17). The van der Waals surface area contributed by atoms with Crippen molar-refractivity contribution in [1.29, 1.82) is 5.26 Å². The Kier molecular flexibility index (Phi) is 4.00. The number of fused-ring (bicyclic) bond motifs is 1. The molecule has 1 aliphatic carbocycles. The Labute approximate surface area is 111 Å². The number of hydrogen-bond acceptors (Lipinski definition) is 4. The number of rotatable bonds is 4. The summed E-state index contributed by atoms with van der Waals surface area (Å²) in [7, 11) is 0. The van der Waals surface area contributed by atoms with E-state index in [2.05, 4.69) is 11.4 Å². The van der Waals surface area contributed by atoms with Crippen molar-refractivity contribution >= 4 is 22.2 Å². The van der Waals surface area contributed by atoms with Crippen LogP contribution in [0.4, 0.5) is 5.00 Å². The molecule has 3 N–H and O–H groups in total. The lowest BCUT2D eigenvalue weighted by molar-refractivity contribution is -0.117. The van der Waals surface area contributed by atoms with E-state index in [1.807, 2.05) is 6.92 Å². The van der Waals surface area contributed by atoms with E-state index in [1.54, 1.807) is 0 Å². The maximum absolute atomic E-state index is 11.9. The Morgan fingerprint density at radius 3 is 3.06 bits per heavy atom. The molecule has 1 amide bonds. The summed E-state index contributed by atoms with van der Waals surface area (Å²) in [4.78, 5) is 13.1. The van der Waals surface area contributed by atoms with E-state index in [4.69, 9.17) is 5.73 Å². The van der Waals surface area contributed by atoms with Gasteiger partial charge in [0, 0.05) is 4.88 Å². The molecule has 1 aromatic heterocycles. The second-order valence-electron chi connectivity index (χ2n) is 4.56. The van der Waals surface area contributed by atoms with Gasteiger partial charge < -0.3 is 11.1 Å². The minimum absolute atomic E-state index is 0.187. The predicted molar refractivity (Wildman–Crippen MR) is 72.6 cm³/mol. The summed E-state index contributed by atoms with van der Waals surface area (Å²) in [6.07, 6.45) is 4.62. The van der Waals surface area contributed by atoms with Gasteiger partial charge in [-0.15, -0.1) is 11.3 Å². The van der Waals surface area contributed by atoms with Crippen molar-refractivity contribution in [2.45, 2.75) is 45.1 Å². The van der Waals surface area contributed by atoms with Gasteiger partial charge in [-0.3, -0.25) is 4.79 Å². The van der Waals surface area contributed by atoms with Crippen LogP contribution < -0.4 is 11.1 Å². The third-order valence-corrected chi connectivity index (χ3v) is 4.41. The fraction of sp³-hybridized carbons (Fsp3) is 0.538. The van der Waals surface area contributed by atoms with Gasteiger partial charge in [0.2, 0.25) is 5.91 Å². The highest BCUT2D eigenvalue weighted by molar-refractivity contribution is 7.16. The predicted octanol–water partition coefficient (Wildman–Crippen LogP) is 2.17. The van der Waals surface area contributed by atoms with Crippen molar-refractivity contribution in [2.24, 2.45) is 5.73 Å². The number of nitrogens with two attached hydrogens (primary N) is 1. The van der Waals surface area contributed by atoms with Crippen LogP contribution in [0.1, 0.15) is 42.2 Å². The molecule has 1 heterocycles. The minimum Gasteiger partial charge on any atom is -0.320 e. The smallest absolute Gasteiger partial charge is 0.241 e. The molecule has 0 saturated carbocycles. The molecule has 4 nitrogen and oxygen atoms in total. The molecule has 0 aliphatic heterocycles. The Morgan fingerprint density at radius 1 is 1.61 bits per heavy atom. The van der Waals surface area contributed by atoms with E-state index in [0.717, 1.165) is 31.2 Å². The lowest BCUT2D eigenvalue weighted by Crippen LogP contribution is -2.35. The Bertz CT molecular complexity index is 501. The van der Waals surface area contributed by atoms with Gasteiger partial charge in [0.1, 0.15) is 11.1 Å². The van der Waals surface area contributed by atoms with E-state index in [0.29, 0.717) is 17.0 Å². The second-order valence-corrected chi connectivity index (χ2v) is 5.66. The average Bonchev–Trinajstić information content (AvgIpc) is 2.89. The molecule has 18 heavy (non-hydrogen) atoms. The highest BCUT2D eigenvalue weighted by Gasteiger charge is 2.24. The Hall–Kier alpha value is -1.38. The molecule has 0 radical (unpaired) electrons. The fourth-order valence-electron chi connectivity index (χ4n) is 2.26. The highest BCUT2D eigenvalue weighted by Crippen LogP contribution is 2.38. The number of amides is 1. The first-order valence-electron chi connectivity index (χ1n) is 6.28. The summed E-state index contributed by atoms with van der Waals surface area (Å²) < 4.78 is 0. The van der Waals surface area contributed by atoms with E-state index < -0.39 is 6.04 Å². The van der Waals surface area contributed by atoms with Crippen LogP contribution in [0.3, 0.4) is 0 Å². The molecule has 0 aromatic carbocycles. The largest absolute Gasteiger partial charge is 0.320 e. The van der Waals surface area contributed by atoms with E-state index in [-0.39, 0.29) is 5.91 Å². The number of thiophene rings is 1. The summed E-state index contributed by atoms with van der Waals surface area (Å²) in [6.45, 7) is 1.99. The zero-order chi connectivity index (χ0) is 13.1. The molecular formula is C13H17N3OS. The third kappa shape index (κ3) is 2.40. The van der Waals surface area contributed by atoms with Crippen molar-refractivity contribution in [3.63, 3.8) is 0 Å². The SMILES string of the molecule is CCCC(N)C(=O)Nc1sc2c(c1C#N)CCC2. The first-order valence-corrected chi connectivity index (χ1v) is 7.10. The highest BCUT2D eigenvalue weighted by atomic mass is 32.1. The number of hydrogen-bond donors (Lipinski definition) is 2. The van der Waals surface area contributed by atoms with Crippen LogP contribution in [0.5, 0.6) is 0 Å². The van der Waals surface area contributed by atoms with Crippen LogP contribution in [0.2, 0.25) is 0 Å². The number of nitriles is 1. The van der Waals surface area contributed by atoms with Gasteiger partial charge in [-0.2, -0.15) is 5.26 Å². The average molecular weight is 263 g/mol. The van der Waals surface area contributed by atoms with Gasteiger partial charge in [0.25, 0.3) is 0 Å². The molecule has 1 aromatic rings. The van der Waals surface area contributed by atoms with E-state index >= 15 is 0 Å². The number of carbonyl (C=O) groups excluding carboxylic acids is 1. The maximum Gasteiger partial charge on any atom is 0.241 e. The number of nitrogens with one attached hydrogen (secondary N) is 1. The number of aryl methyl sites for hydroxylation is 1. The van der Waals surface area contributed by atoms with Crippen molar-refractivity contribution in [3.8, 4) is 6.07 Å². The summed E-state index contributed by atoms with van der Waals surface area (Å²) in [5.74, 6) is -0.187. The van der Waals surface area contributed by atoms with Crippen molar-refractivity contribution in [1.82, 2.24) is 0 Å². The number of anilines is 1. The summed E-state index contributed by atoms with van der Waals surface area (Å²) in [6, 6.07) is 1.72. The van der Waals surface area contributed by atoms with Crippen LogP contribution in [0.15, 0.2) is 0 Å². The summed E-state index contributed by atoms with van der Waals surface area (Å²) in [5, 5.41) is 12.7. The minimum atomic E-state index is -0.488. The Balaban J connectivity index is 2.15. The van der Waals surface area contributed by atoms with Gasteiger partial charge in [-0.25, -0.2) is 0 Å². The van der Waals surface area contributed by atoms with Gasteiger partial charge in [-0.05, 0) is 31.2 Å². The molecule has 5 heteroatoms. The molecule has 0 bridgehead atoms. The normalized spacial score (nSPS) is 14.9. The topological polar surface area (TPSA) is 78.9 Å². The van der Waals surface area contributed by atoms with Crippen molar-refractivity contribution in [3.05, 3.63) is 16.0 Å². The van der Waals surface area contributed by atoms with E-state index in [9.17, 15) is 10.1 Å². The van der Waals surface area contributed by atoms with Gasteiger partial charge in [-0.1, -0.05) is 13.3 Å². The van der Waals surface area contributed by atoms with E-state index in [1.165, 1.54) is 16.2 Å². The zero-order valence-corrected chi connectivity index (χ0v) is 11.3. The number of nitrogens with zero attached hydrogens (tertiary/aromatic N) is 1. The zero-order valence-electron chi connectivity index (χ0n) is 10.5. The quantitative estimate of drug-likeness (QED) is 0.873. The lowest BCUT2D eigenvalue weighted by atomic mass is 10.1. The van der Waals surface area contributed by atoms with Crippen molar-refractivity contribution in [2.75, 3.05) is 5.32 Å². The number of carbonyl (C=O) groups is 1. The van der Waals surface area contributed by atoms with Crippen LogP contribution in [0.25, 0.3) is 0 Å². The van der Waals surface area contributed by atoms with Crippen LogP contribution in [-0.2, 0) is 17.6 Å². The summed E-state index contributed by atoms with van der Waals surface area (Å²) >= 11 is 1.53. The molecule has 2 rings (SSSR count). The summed E-state index contributed by atoms with van der Waals surface area (Å²) in [5.41, 5.74) is 7.54. The van der Waals surface area contributed by atoms with Crippen molar-refractivity contribution < 1.29 is 4.79 Å². The first-order chi connectivity index (χ1) is 8.67. The van der Waals surface area contributed by atoms with Crippen LogP contribution >= 0.6 is 11.3 Å². The molecule has 1 aliphatic rings. The monoisotopic (exact) mass is 263 g/mol. The van der Waals surface area contributed by atoms with Gasteiger partial charge in [0.15, 0.2) is 0 Å². The molecule has 1 unspecified atom stereocenters. The molecule has 96 valence electrons. The Morgan fingerprint density at radius 2 is 2.39 bits per heavy atom. The maximum atomic E-state index is 11.9. The molecule has 1 atom stereocenters. The first kappa shape index (κ1) is 13.1. The van der Waals surface area contributed by atoms with Gasteiger partial charge >= 0.3 is 0 Å². The fourth-order valence-corrected chi connectivity index (χ4v) is 3.50. The van der Waals surface area contributed by atoms with Crippen LogP contribution in [-0.4, -0.2) is 11.9 Å². The molecule has 0 fully saturated rings. The van der Waals surface area contributed by atoms with Gasteiger partial charge in [0.05, 0.1) is 11.6 Å².